The molecule has 1 aromatic rings. The zero-order valence-electron chi connectivity index (χ0n) is 10.8. The Hall–Kier alpha value is -1.80. The van der Waals surface area contributed by atoms with Crippen molar-refractivity contribution in [3.63, 3.8) is 0 Å². The zero-order chi connectivity index (χ0) is 16.6. The standard InChI is InChI=1S/C12H10F7NO/c1-6-3-4-7(13)5-8(6)20-9(21)10(2,11(14,15)16)12(17,18)19/h3-5H,1-2H3,(H,20,21). The number of nitrogens with one attached hydrogen (secondary N) is 1. The molecule has 0 unspecified atom stereocenters. The minimum atomic E-state index is -5.85. The molecule has 0 saturated heterocycles. The minimum absolute atomic E-state index is 0.122. The Kier molecular flexibility index (Phi) is 4.27. The number of amides is 1. The Labute approximate surface area is 114 Å². The molecule has 1 aromatic carbocycles. The van der Waals surface area contributed by atoms with Crippen molar-refractivity contribution in [2.45, 2.75) is 26.2 Å². The van der Waals surface area contributed by atoms with Gasteiger partial charge < -0.3 is 5.32 Å². The minimum Gasteiger partial charge on any atom is -0.325 e. The van der Waals surface area contributed by atoms with Crippen LogP contribution in [0.2, 0.25) is 0 Å². The van der Waals surface area contributed by atoms with Crippen LogP contribution in [0.5, 0.6) is 0 Å². The van der Waals surface area contributed by atoms with E-state index in [0.717, 1.165) is 12.1 Å². The predicted octanol–water partition coefficient (Wildman–Crippen LogP) is 4.20. The first-order valence-corrected chi connectivity index (χ1v) is 5.52. The quantitative estimate of drug-likeness (QED) is 0.814. The van der Waals surface area contributed by atoms with Gasteiger partial charge in [0.05, 0.1) is 0 Å². The van der Waals surface area contributed by atoms with Gasteiger partial charge in [-0.05, 0) is 31.5 Å². The second-order valence-corrected chi connectivity index (χ2v) is 4.53. The van der Waals surface area contributed by atoms with Gasteiger partial charge in [-0.1, -0.05) is 6.07 Å². The first-order chi connectivity index (χ1) is 9.30. The summed E-state index contributed by atoms with van der Waals surface area (Å²) in [5.74, 6) is -3.23. The van der Waals surface area contributed by atoms with Crippen LogP contribution in [0, 0.1) is 18.2 Å². The number of hydrogen-bond acceptors (Lipinski definition) is 1. The van der Waals surface area contributed by atoms with Crippen molar-refractivity contribution in [2.75, 3.05) is 5.32 Å². The van der Waals surface area contributed by atoms with Gasteiger partial charge in [0.25, 0.3) is 0 Å². The van der Waals surface area contributed by atoms with Crippen molar-refractivity contribution in [2.24, 2.45) is 5.41 Å². The lowest BCUT2D eigenvalue weighted by molar-refractivity contribution is -0.317. The summed E-state index contributed by atoms with van der Waals surface area (Å²) < 4.78 is 89.0. The van der Waals surface area contributed by atoms with Crippen molar-refractivity contribution < 1.29 is 35.5 Å². The molecule has 0 bridgehead atoms. The lowest BCUT2D eigenvalue weighted by Gasteiger charge is -2.32. The topological polar surface area (TPSA) is 29.1 Å². The van der Waals surface area contributed by atoms with Crippen molar-refractivity contribution in [1.29, 1.82) is 0 Å². The summed E-state index contributed by atoms with van der Waals surface area (Å²) in [4.78, 5) is 11.5. The highest BCUT2D eigenvalue weighted by Crippen LogP contribution is 2.50. The van der Waals surface area contributed by atoms with E-state index in [1.165, 1.54) is 12.2 Å². The van der Waals surface area contributed by atoms with E-state index in [4.69, 9.17) is 0 Å². The van der Waals surface area contributed by atoms with Crippen LogP contribution in [0.25, 0.3) is 0 Å². The molecular weight excluding hydrogens is 307 g/mol. The monoisotopic (exact) mass is 317 g/mol. The summed E-state index contributed by atoms with van der Waals surface area (Å²) in [5, 5.41) is 1.49. The largest absolute Gasteiger partial charge is 0.411 e. The second kappa shape index (κ2) is 5.19. The molecule has 2 nitrogen and oxygen atoms in total. The molecular formula is C12H10F7NO. The highest BCUT2D eigenvalue weighted by molar-refractivity contribution is 5.96. The Balaban J connectivity index is 3.24. The fraction of sp³-hybridized carbons (Fsp3) is 0.417. The van der Waals surface area contributed by atoms with Crippen molar-refractivity contribution in [3.8, 4) is 0 Å². The van der Waals surface area contributed by atoms with Gasteiger partial charge in [0.15, 0.2) is 0 Å². The third-order valence-corrected chi connectivity index (χ3v) is 3.04. The number of hydrogen-bond donors (Lipinski definition) is 1. The zero-order valence-corrected chi connectivity index (χ0v) is 10.8. The molecule has 0 fully saturated rings. The van der Waals surface area contributed by atoms with Gasteiger partial charge in [-0.3, -0.25) is 4.79 Å². The summed E-state index contributed by atoms with van der Waals surface area (Å²) in [6, 6.07) is 2.71. The molecule has 0 spiro atoms. The van der Waals surface area contributed by atoms with E-state index in [-0.39, 0.29) is 12.5 Å². The smallest absolute Gasteiger partial charge is 0.325 e. The van der Waals surface area contributed by atoms with Gasteiger partial charge in [0.2, 0.25) is 11.3 Å². The van der Waals surface area contributed by atoms with E-state index in [0.29, 0.717) is 6.07 Å². The van der Waals surface area contributed by atoms with Crippen LogP contribution in [0.3, 0.4) is 0 Å². The van der Waals surface area contributed by atoms with Gasteiger partial charge in [-0.25, -0.2) is 4.39 Å². The van der Waals surface area contributed by atoms with E-state index >= 15 is 0 Å². The summed E-state index contributed by atoms with van der Waals surface area (Å²) in [5.41, 5.74) is -4.94. The summed E-state index contributed by atoms with van der Waals surface area (Å²) in [7, 11) is 0. The maximum absolute atomic E-state index is 13.0. The van der Waals surface area contributed by atoms with Gasteiger partial charge >= 0.3 is 12.4 Å². The van der Waals surface area contributed by atoms with Crippen molar-refractivity contribution in [1.82, 2.24) is 0 Å². The lowest BCUT2D eigenvalue weighted by Crippen LogP contribution is -2.55. The van der Waals surface area contributed by atoms with E-state index in [1.54, 1.807) is 0 Å². The SMILES string of the molecule is Cc1ccc(F)cc1NC(=O)C(C)(C(F)(F)F)C(F)(F)F. The van der Waals surface area contributed by atoms with Crippen LogP contribution < -0.4 is 5.32 Å². The molecule has 1 amide bonds. The highest BCUT2D eigenvalue weighted by atomic mass is 19.4. The number of aryl methyl sites for hydroxylation is 1. The number of alkyl halides is 6. The molecule has 118 valence electrons. The molecule has 9 heteroatoms. The van der Waals surface area contributed by atoms with E-state index in [2.05, 4.69) is 0 Å². The van der Waals surface area contributed by atoms with E-state index in [9.17, 15) is 35.5 Å². The van der Waals surface area contributed by atoms with Gasteiger partial charge in [0.1, 0.15) is 5.82 Å². The average molecular weight is 317 g/mol. The van der Waals surface area contributed by atoms with Crippen LogP contribution in [0.1, 0.15) is 12.5 Å². The lowest BCUT2D eigenvalue weighted by atomic mass is 9.87. The van der Waals surface area contributed by atoms with Crippen LogP contribution in [0.15, 0.2) is 18.2 Å². The molecule has 0 aliphatic carbocycles. The Morgan fingerprint density at radius 2 is 1.52 bits per heavy atom. The first kappa shape index (κ1) is 17.3. The van der Waals surface area contributed by atoms with Crippen LogP contribution in [-0.4, -0.2) is 18.3 Å². The molecule has 0 atom stereocenters. The Morgan fingerprint density at radius 3 is 1.95 bits per heavy atom. The van der Waals surface area contributed by atoms with Gasteiger partial charge in [-0.15, -0.1) is 0 Å². The number of anilines is 1. The van der Waals surface area contributed by atoms with Gasteiger partial charge in [0, 0.05) is 5.69 Å². The highest BCUT2D eigenvalue weighted by Gasteiger charge is 2.72. The molecule has 0 heterocycles. The van der Waals surface area contributed by atoms with Crippen LogP contribution in [-0.2, 0) is 4.79 Å². The third kappa shape index (κ3) is 3.11. The number of carbonyl (C=O) groups is 1. The molecule has 0 aliphatic rings. The maximum Gasteiger partial charge on any atom is 0.411 e. The fourth-order valence-electron chi connectivity index (χ4n) is 1.39. The van der Waals surface area contributed by atoms with Gasteiger partial charge in [-0.2, -0.15) is 26.3 Å². The molecule has 0 aromatic heterocycles. The number of halogens is 7. The molecule has 21 heavy (non-hydrogen) atoms. The molecule has 1 rings (SSSR count). The first-order valence-electron chi connectivity index (χ1n) is 5.52. The average Bonchev–Trinajstić information content (AvgIpc) is 2.29. The number of rotatable bonds is 2. The van der Waals surface area contributed by atoms with Crippen molar-refractivity contribution >= 4 is 11.6 Å². The third-order valence-electron chi connectivity index (χ3n) is 3.04. The van der Waals surface area contributed by atoms with E-state index in [1.807, 2.05) is 0 Å². The fourth-order valence-corrected chi connectivity index (χ4v) is 1.39. The normalized spacial score (nSPS) is 13.2. The Morgan fingerprint density at radius 1 is 1.05 bits per heavy atom. The van der Waals surface area contributed by atoms with Crippen molar-refractivity contribution in [3.05, 3.63) is 29.6 Å². The summed E-state index contributed by atoms with van der Waals surface area (Å²) in [6.45, 7) is 1.03. The Bertz CT molecular complexity index is 534. The number of carbonyl (C=O) groups excluding carboxylic acids is 1. The van der Waals surface area contributed by atoms with Crippen LogP contribution >= 0.6 is 0 Å². The predicted molar refractivity (Wildman–Crippen MR) is 60.0 cm³/mol. The molecule has 0 aliphatic heterocycles. The molecule has 0 radical (unpaired) electrons. The summed E-state index contributed by atoms with van der Waals surface area (Å²) >= 11 is 0. The second-order valence-electron chi connectivity index (χ2n) is 4.53. The summed E-state index contributed by atoms with van der Waals surface area (Å²) in [6.07, 6.45) is -11.7. The molecule has 1 N–H and O–H groups in total. The molecule has 0 saturated carbocycles. The number of benzene rings is 1. The van der Waals surface area contributed by atoms with E-state index < -0.39 is 35.2 Å². The maximum atomic E-state index is 13.0. The van der Waals surface area contributed by atoms with Crippen LogP contribution in [0.4, 0.5) is 36.4 Å².